The maximum Gasteiger partial charge on any atom is 0.338 e. The molecule has 0 bridgehead atoms. The van der Waals surface area contributed by atoms with E-state index in [0.717, 1.165) is 40.7 Å². The molecule has 0 fully saturated rings. The lowest BCUT2D eigenvalue weighted by molar-refractivity contribution is -0.394. The molecule has 46 heavy (non-hydrogen) atoms. The van der Waals surface area contributed by atoms with Crippen LogP contribution in [0.2, 0.25) is 0 Å². The molecule has 0 saturated heterocycles. The van der Waals surface area contributed by atoms with E-state index in [0.29, 0.717) is 24.2 Å². The van der Waals surface area contributed by atoms with Crippen molar-refractivity contribution in [2.45, 2.75) is 26.8 Å². The van der Waals surface area contributed by atoms with Gasteiger partial charge in [0, 0.05) is 6.07 Å². The van der Waals surface area contributed by atoms with E-state index in [-0.39, 0.29) is 35.0 Å². The maximum absolute atomic E-state index is 14.0. The second-order valence-electron chi connectivity index (χ2n) is 10.0. The van der Waals surface area contributed by atoms with Gasteiger partial charge in [-0.25, -0.2) is 9.79 Å². The Morgan fingerprint density at radius 3 is 2.41 bits per heavy atom. The summed E-state index contributed by atoms with van der Waals surface area (Å²) < 4.78 is 19.0. The molecule has 0 radical (unpaired) electrons. The number of allylic oxidation sites excluding steroid dienone is 1. The largest absolute Gasteiger partial charge is 0.493 e. The average Bonchev–Trinajstić information content (AvgIpc) is 3.31. The number of fused-ring (bicyclic) bond motifs is 1. The van der Waals surface area contributed by atoms with Gasteiger partial charge in [-0.15, -0.1) is 0 Å². The summed E-state index contributed by atoms with van der Waals surface area (Å²) in [5, 5.41) is 22.8. The Morgan fingerprint density at radius 2 is 1.78 bits per heavy atom. The highest BCUT2D eigenvalue weighted by Gasteiger charge is 2.33. The minimum Gasteiger partial charge on any atom is -0.493 e. The summed E-state index contributed by atoms with van der Waals surface area (Å²) in [7, 11) is 1.39. The van der Waals surface area contributed by atoms with Crippen LogP contribution in [0.15, 0.2) is 75.7 Å². The minimum atomic E-state index is -0.769. The van der Waals surface area contributed by atoms with Gasteiger partial charge in [0.25, 0.3) is 11.2 Å². The summed E-state index contributed by atoms with van der Waals surface area (Å²) in [4.78, 5) is 53.3. The van der Waals surface area contributed by atoms with Crippen molar-refractivity contribution in [3.63, 3.8) is 0 Å². The fourth-order valence-corrected chi connectivity index (χ4v) is 6.67. The third-order valence-corrected chi connectivity index (χ3v) is 8.81. The summed E-state index contributed by atoms with van der Waals surface area (Å²) in [5.41, 5.74) is 1.65. The number of benzene rings is 3. The Morgan fingerprint density at radius 1 is 1.07 bits per heavy atom. The van der Waals surface area contributed by atoms with Crippen LogP contribution in [0.4, 0.5) is 11.4 Å². The van der Waals surface area contributed by atoms with Crippen molar-refractivity contribution in [2.75, 3.05) is 13.7 Å². The topological polar surface area (TPSA) is 165 Å². The lowest BCUT2D eigenvalue weighted by Crippen LogP contribution is -2.39. The van der Waals surface area contributed by atoms with Gasteiger partial charge in [0.05, 0.1) is 55.0 Å². The third-order valence-electron chi connectivity index (χ3n) is 7.02. The van der Waals surface area contributed by atoms with E-state index in [4.69, 9.17) is 14.2 Å². The number of nitro benzene ring substituents is 2. The Kier molecular flexibility index (Phi) is 9.34. The minimum absolute atomic E-state index is 0.146. The van der Waals surface area contributed by atoms with Crippen LogP contribution >= 0.6 is 33.9 Å². The molecule has 15 heteroatoms. The number of hydrogen-bond donors (Lipinski definition) is 0. The quantitative estimate of drug-likeness (QED) is 0.0950. The van der Waals surface area contributed by atoms with Crippen molar-refractivity contribution in [1.29, 1.82) is 0 Å². The Balaban J connectivity index is 1.60. The highest BCUT2D eigenvalue weighted by atomic mass is 127. The SMILES string of the molecule is CCOC(=O)C1=C(C)N=c2s/c(=C\c3cc(I)c(Oc4ccc([N+](=O)[O-])cc4[N+](=O)[O-])c(OC)c3)c(=O)n2[C@@H]1c1ccc(C)cc1. The summed E-state index contributed by atoms with van der Waals surface area (Å²) in [6, 6.07) is 13.2. The standard InChI is InChI=1S/C31H25IN4O9S/c1-5-44-30(38)26-17(3)33-31-34(27(26)19-8-6-16(2)7-9-19)29(37)25(46-31)14-18-12-21(32)28(24(13-18)43-4)45-23-11-10-20(35(39)40)15-22(23)36(41)42/h6-15,27H,5H2,1-4H3/b25-14-/t27-/m1/s1. The van der Waals surface area contributed by atoms with Gasteiger partial charge in [0.15, 0.2) is 16.3 Å². The number of thiazole rings is 1. The van der Waals surface area contributed by atoms with Gasteiger partial charge in [-0.3, -0.25) is 29.6 Å². The number of aromatic nitrogens is 1. The molecule has 4 aromatic rings. The maximum atomic E-state index is 14.0. The monoisotopic (exact) mass is 756 g/mol. The Bertz CT molecular complexity index is 2120. The lowest BCUT2D eigenvalue weighted by atomic mass is 9.95. The van der Waals surface area contributed by atoms with Crippen molar-refractivity contribution >= 4 is 57.3 Å². The second kappa shape index (κ2) is 13.2. The van der Waals surface area contributed by atoms with Gasteiger partial charge in [-0.1, -0.05) is 41.2 Å². The van der Waals surface area contributed by atoms with Crippen LogP contribution in [0, 0.1) is 30.7 Å². The van der Waals surface area contributed by atoms with E-state index in [1.54, 1.807) is 32.1 Å². The van der Waals surface area contributed by atoms with Gasteiger partial charge in [0.1, 0.15) is 0 Å². The number of non-ortho nitro benzene ring substituents is 1. The van der Waals surface area contributed by atoms with E-state index >= 15 is 0 Å². The van der Waals surface area contributed by atoms with Crippen molar-refractivity contribution in [1.82, 2.24) is 4.57 Å². The number of esters is 1. The number of hydrogen-bond acceptors (Lipinski definition) is 11. The molecule has 0 amide bonds. The molecule has 0 spiro atoms. The zero-order valence-corrected chi connectivity index (χ0v) is 27.8. The normalized spacial score (nSPS) is 14.4. The van der Waals surface area contributed by atoms with Crippen LogP contribution < -0.4 is 24.4 Å². The van der Waals surface area contributed by atoms with E-state index in [1.165, 1.54) is 11.7 Å². The van der Waals surface area contributed by atoms with Crippen LogP contribution in [-0.2, 0) is 9.53 Å². The number of methoxy groups -OCH3 is 1. The van der Waals surface area contributed by atoms with Gasteiger partial charge < -0.3 is 14.2 Å². The Hall–Kier alpha value is -4.90. The first-order chi connectivity index (χ1) is 21.9. The molecule has 3 aromatic carbocycles. The fraction of sp³-hybridized carbons (Fsp3) is 0.194. The summed E-state index contributed by atoms with van der Waals surface area (Å²) in [5.74, 6) is -0.409. The molecule has 1 aliphatic rings. The van der Waals surface area contributed by atoms with Crippen LogP contribution in [-0.4, -0.2) is 34.1 Å². The van der Waals surface area contributed by atoms with Crippen LogP contribution in [0.5, 0.6) is 17.2 Å². The predicted octanol–water partition coefficient (Wildman–Crippen LogP) is 5.33. The highest BCUT2D eigenvalue weighted by Crippen LogP contribution is 2.41. The molecular formula is C31H25IN4O9S. The van der Waals surface area contributed by atoms with Gasteiger partial charge in [-0.05, 0) is 78.8 Å². The smallest absolute Gasteiger partial charge is 0.338 e. The van der Waals surface area contributed by atoms with Crippen molar-refractivity contribution in [3.05, 3.63) is 126 Å². The van der Waals surface area contributed by atoms with E-state index < -0.39 is 33.2 Å². The van der Waals surface area contributed by atoms with Crippen LogP contribution in [0.1, 0.15) is 36.6 Å². The van der Waals surface area contributed by atoms with Gasteiger partial charge >= 0.3 is 11.7 Å². The molecular weight excluding hydrogens is 731 g/mol. The zero-order chi connectivity index (χ0) is 33.3. The first-order valence-corrected chi connectivity index (χ1v) is 15.6. The van der Waals surface area contributed by atoms with Gasteiger partial charge in [0.2, 0.25) is 5.75 Å². The summed E-state index contributed by atoms with van der Waals surface area (Å²) >= 11 is 3.13. The number of ether oxygens (including phenoxy) is 3. The summed E-state index contributed by atoms with van der Waals surface area (Å²) in [6.07, 6.45) is 1.65. The molecule has 13 nitrogen and oxygen atoms in total. The molecule has 0 saturated carbocycles. The molecule has 0 aliphatic carbocycles. The number of aryl methyl sites for hydroxylation is 1. The number of carbonyl (C=O) groups excluding carboxylic acids is 1. The van der Waals surface area contributed by atoms with Crippen molar-refractivity contribution in [3.8, 4) is 17.2 Å². The molecule has 1 aromatic heterocycles. The van der Waals surface area contributed by atoms with Crippen LogP contribution in [0.25, 0.3) is 6.08 Å². The van der Waals surface area contributed by atoms with E-state index in [1.807, 2.05) is 53.8 Å². The first-order valence-electron chi connectivity index (χ1n) is 13.7. The van der Waals surface area contributed by atoms with Crippen LogP contribution in [0.3, 0.4) is 0 Å². The third kappa shape index (κ3) is 6.28. The fourth-order valence-electron chi connectivity index (χ4n) is 4.89. The molecule has 0 unspecified atom stereocenters. The van der Waals surface area contributed by atoms with E-state index in [2.05, 4.69) is 4.99 Å². The van der Waals surface area contributed by atoms with Gasteiger partial charge in [-0.2, -0.15) is 0 Å². The number of halogens is 1. The first kappa shape index (κ1) is 32.5. The lowest BCUT2D eigenvalue weighted by Gasteiger charge is -2.24. The predicted molar refractivity (Wildman–Crippen MR) is 177 cm³/mol. The summed E-state index contributed by atoms with van der Waals surface area (Å²) in [6.45, 7) is 5.54. The average molecular weight is 757 g/mol. The molecule has 0 N–H and O–H groups in total. The van der Waals surface area contributed by atoms with E-state index in [9.17, 15) is 29.8 Å². The Labute approximate surface area is 278 Å². The number of nitro groups is 2. The van der Waals surface area contributed by atoms with Crippen molar-refractivity contribution < 1.29 is 28.9 Å². The number of carbonyl (C=O) groups is 1. The van der Waals surface area contributed by atoms with Crippen molar-refractivity contribution in [2.24, 2.45) is 4.99 Å². The zero-order valence-electron chi connectivity index (χ0n) is 24.8. The number of rotatable bonds is 9. The molecule has 1 aliphatic heterocycles. The molecule has 1 atom stereocenters. The molecule has 2 heterocycles. The second-order valence-corrected chi connectivity index (χ2v) is 12.2. The number of nitrogens with zero attached hydrogens (tertiary/aromatic N) is 4. The highest BCUT2D eigenvalue weighted by molar-refractivity contribution is 14.1. The molecule has 5 rings (SSSR count). The molecule has 236 valence electrons.